The molecule has 102 valence electrons. The molecule has 1 rings (SSSR count). The Hall–Kier alpha value is -0.920. The molecule has 18 heavy (non-hydrogen) atoms. The molecule has 0 saturated carbocycles. The van der Waals surface area contributed by atoms with Gasteiger partial charge in [-0.05, 0) is 24.5 Å². The molecule has 0 aliphatic carbocycles. The standard InChI is InChI=1S/C16H26FN/c1-3-5-7-10-14(9-6-4-2)13-16-15(17)11-8-12-18-16/h8,11-12,14H,3-7,9-10,13H2,1-2H3. The third-order valence-electron chi connectivity index (χ3n) is 3.50. The molecule has 1 nitrogen and oxygen atoms in total. The van der Waals surface area contributed by atoms with Gasteiger partial charge < -0.3 is 0 Å². The predicted molar refractivity (Wildman–Crippen MR) is 75.1 cm³/mol. The first-order valence-corrected chi connectivity index (χ1v) is 7.37. The Bertz CT molecular complexity index is 325. The molecule has 0 fully saturated rings. The number of hydrogen-bond donors (Lipinski definition) is 0. The molecule has 0 N–H and O–H groups in total. The number of nitrogens with zero attached hydrogens (tertiary/aromatic N) is 1. The van der Waals surface area contributed by atoms with Crippen LogP contribution in [0.2, 0.25) is 0 Å². The van der Waals surface area contributed by atoms with Crippen LogP contribution < -0.4 is 0 Å². The average molecular weight is 251 g/mol. The lowest BCUT2D eigenvalue weighted by Crippen LogP contribution is -2.08. The second kappa shape index (κ2) is 9.07. The lowest BCUT2D eigenvalue weighted by molar-refractivity contribution is 0.402. The van der Waals surface area contributed by atoms with E-state index in [0.29, 0.717) is 11.6 Å². The van der Waals surface area contributed by atoms with Gasteiger partial charge in [-0.2, -0.15) is 0 Å². The molecule has 1 atom stereocenters. The van der Waals surface area contributed by atoms with Crippen LogP contribution in [-0.4, -0.2) is 4.98 Å². The van der Waals surface area contributed by atoms with Gasteiger partial charge in [0, 0.05) is 6.20 Å². The monoisotopic (exact) mass is 251 g/mol. The maximum atomic E-state index is 13.6. The van der Waals surface area contributed by atoms with Crippen molar-refractivity contribution < 1.29 is 4.39 Å². The Balaban J connectivity index is 2.51. The summed E-state index contributed by atoms with van der Waals surface area (Å²) in [6, 6.07) is 3.18. The van der Waals surface area contributed by atoms with E-state index in [1.807, 2.05) is 0 Å². The molecule has 0 bridgehead atoms. The largest absolute Gasteiger partial charge is 0.258 e. The molecule has 1 aromatic rings. The minimum absolute atomic E-state index is 0.144. The molecular formula is C16H26FN. The normalized spacial score (nSPS) is 12.6. The van der Waals surface area contributed by atoms with Gasteiger partial charge in [0.05, 0.1) is 5.69 Å². The summed E-state index contributed by atoms with van der Waals surface area (Å²) in [5, 5.41) is 0. The molecule has 0 aromatic carbocycles. The van der Waals surface area contributed by atoms with Crippen LogP contribution in [0.25, 0.3) is 0 Å². The maximum absolute atomic E-state index is 13.6. The number of halogens is 1. The summed E-state index contributed by atoms with van der Waals surface area (Å²) >= 11 is 0. The van der Waals surface area contributed by atoms with E-state index in [9.17, 15) is 4.39 Å². The highest BCUT2D eigenvalue weighted by molar-refractivity contribution is 5.07. The summed E-state index contributed by atoms with van der Waals surface area (Å²) in [5.74, 6) is 0.454. The minimum Gasteiger partial charge on any atom is -0.258 e. The summed E-state index contributed by atoms with van der Waals surface area (Å²) in [4.78, 5) is 4.18. The SMILES string of the molecule is CCCCCC(CCCC)Cc1ncccc1F. The Morgan fingerprint density at radius 1 is 1.11 bits per heavy atom. The quantitative estimate of drug-likeness (QED) is 0.553. The summed E-state index contributed by atoms with van der Waals surface area (Å²) < 4.78 is 13.6. The smallest absolute Gasteiger partial charge is 0.144 e. The van der Waals surface area contributed by atoms with Crippen LogP contribution in [0.4, 0.5) is 4.39 Å². The number of unbranched alkanes of at least 4 members (excludes halogenated alkanes) is 3. The molecule has 1 unspecified atom stereocenters. The Labute approximate surface area is 111 Å². The van der Waals surface area contributed by atoms with Crippen LogP contribution in [0.3, 0.4) is 0 Å². The molecule has 0 amide bonds. The second-order valence-electron chi connectivity index (χ2n) is 5.14. The first-order valence-electron chi connectivity index (χ1n) is 7.37. The van der Waals surface area contributed by atoms with Gasteiger partial charge in [0.2, 0.25) is 0 Å². The Kier molecular flexibility index (Phi) is 7.63. The molecule has 1 heterocycles. The van der Waals surface area contributed by atoms with Crippen molar-refractivity contribution >= 4 is 0 Å². The van der Waals surface area contributed by atoms with Gasteiger partial charge in [0.25, 0.3) is 0 Å². The zero-order valence-electron chi connectivity index (χ0n) is 11.8. The number of pyridine rings is 1. The first kappa shape index (κ1) is 15.1. The highest BCUT2D eigenvalue weighted by Crippen LogP contribution is 2.21. The molecule has 0 spiro atoms. The Morgan fingerprint density at radius 2 is 1.83 bits per heavy atom. The number of aromatic nitrogens is 1. The summed E-state index contributed by atoms with van der Waals surface area (Å²) in [6.45, 7) is 4.43. The zero-order valence-corrected chi connectivity index (χ0v) is 11.8. The van der Waals surface area contributed by atoms with Gasteiger partial charge in [0.15, 0.2) is 0 Å². The fourth-order valence-corrected chi connectivity index (χ4v) is 2.37. The van der Waals surface area contributed by atoms with Crippen molar-refractivity contribution in [3.8, 4) is 0 Å². The lowest BCUT2D eigenvalue weighted by Gasteiger charge is -2.16. The van der Waals surface area contributed by atoms with Gasteiger partial charge in [0.1, 0.15) is 5.82 Å². The van der Waals surface area contributed by atoms with Crippen molar-refractivity contribution in [2.24, 2.45) is 5.92 Å². The molecule has 0 saturated heterocycles. The van der Waals surface area contributed by atoms with E-state index >= 15 is 0 Å². The van der Waals surface area contributed by atoms with E-state index in [-0.39, 0.29) is 5.82 Å². The van der Waals surface area contributed by atoms with Crippen molar-refractivity contribution in [3.05, 3.63) is 29.8 Å². The van der Waals surface area contributed by atoms with Crippen molar-refractivity contribution in [1.29, 1.82) is 0 Å². The van der Waals surface area contributed by atoms with Gasteiger partial charge in [-0.3, -0.25) is 4.98 Å². The Morgan fingerprint density at radius 3 is 2.50 bits per heavy atom. The highest BCUT2D eigenvalue weighted by atomic mass is 19.1. The van der Waals surface area contributed by atoms with Crippen molar-refractivity contribution in [2.75, 3.05) is 0 Å². The predicted octanol–water partition coefficient (Wildman–Crippen LogP) is 5.15. The van der Waals surface area contributed by atoms with Gasteiger partial charge in [-0.15, -0.1) is 0 Å². The van der Waals surface area contributed by atoms with Crippen LogP contribution in [0.15, 0.2) is 18.3 Å². The molecule has 0 aliphatic rings. The van der Waals surface area contributed by atoms with Gasteiger partial charge >= 0.3 is 0 Å². The van der Waals surface area contributed by atoms with Crippen molar-refractivity contribution in [1.82, 2.24) is 4.98 Å². The molecular weight excluding hydrogens is 225 g/mol. The fourth-order valence-electron chi connectivity index (χ4n) is 2.37. The summed E-state index contributed by atoms with van der Waals surface area (Å²) in [6.07, 6.45) is 11.2. The third kappa shape index (κ3) is 5.61. The number of hydrogen-bond acceptors (Lipinski definition) is 1. The van der Waals surface area contributed by atoms with E-state index in [4.69, 9.17) is 0 Å². The van der Waals surface area contributed by atoms with Crippen LogP contribution in [-0.2, 0) is 6.42 Å². The van der Waals surface area contributed by atoms with Crippen molar-refractivity contribution in [3.63, 3.8) is 0 Å². The van der Waals surface area contributed by atoms with E-state index in [2.05, 4.69) is 18.8 Å². The second-order valence-corrected chi connectivity index (χ2v) is 5.14. The highest BCUT2D eigenvalue weighted by Gasteiger charge is 2.12. The maximum Gasteiger partial charge on any atom is 0.144 e. The molecule has 2 heteroatoms. The van der Waals surface area contributed by atoms with Crippen LogP contribution >= 0.6 is 0 Å². The molecule has 0 aliphatic heterocycles. The van der Waals surface area contributed by atoms with Crippen LogP contribution in [0.1, 0.15) is 64.5 Å². The number of rotatable bonds is 9. The first-order chi connectivity index (χ1) is 8.77. The minimum atomic E-state index is -0.144. The average Bonchev–Trinajstić information content (AvgIpc) is 2.38. The molecule has 0 radical (unpaired) electrons. The summed E-state index contributed by atoms with van der Waals surface area (Å²) in [5.41, 5.74) is 0.648. The topological polar surface area (TPSA) is 12.9 Å². The lowest BCUT2D eigenvalue weighted by atomic mass is 9.91. The summed E-state index contributed by atoms with van der Waals surface area (Å²) in [7, 11) is 0. The fraction of sp³-hybridized carbons (Fsp3) is 0.688. The van der Waals surface area contributed by atoms with E-state index in [0.717, 1.165) is 6.42 Å². The van der Waals surface area contributed by atoms with E-state index < -0.39 is 0 Å². The third-order valence-corrected chi connectivity index (χ3v) is 3.50. The van der Waals surface area contributed by atoms with Crippen LogP contribution in [0.5, 0.6) is 0 Å². The van der Waals surface area contributed by atoms with Gasteiger partial charge in [-0.1, -0.05) is 58.8 Å². The van der Waals surface area contributed by atoms with Gasteiger partial charge in [-0.25, -0.2) is 4.39 Å². The van der Waals surface area contributed by atoms with E-state index in [1.165, 1.54) is 51.0 Å². The zero-order chi connectivity index (χ0) is 13.2. The van der Waals surface area contributed by atoms with E-state index in [1.54, 1.807) is 12.3 Å². The van der Waals surface area contributed by atoms with Crippen LogP contribution in [0, 0.1) is 11.7 Å². The molecule has 1 aromatic heterocycles. The van der Waals surface area contributed by atoms with Crippen molar-refractivity contribution in [2.45, 2.75) is 65.2 Å².